The summed E-state index contributed by atoms with van der Waals surface area (Å²) < 4.78 is 10.1. The van der Waals surface area contributed by atoms with Gasteiger partial charge in [0.25, 0.3) is 0 Å². The lowest BCUT2D eigenvalue weighted by Gasteiger charge is -1.85. The van der Waals surface area contributed by atoms with Crippen LogP contribution < -0.4 is 0 Å². The molecule has 0 radical (unpaired) electrons. The molecule has 13 heavy (non-hydrogen) atoms. The molecule has 2 aromatic heterocycles. The van der Waals surface area contributed by atoms with E-state index in [2.05, 4.69) is 4.98 Å². The molecule has 0 spiro atoms. The first kappa shape index (κ1) is 7.62. The maximum Gasteiger partial charge on any atom is 0.229 e. The number of hydrogen-bond donors (Lipinski definition) is 0. The van der Waals surface area contributed by atoms with E-state index >= 15 is 0 Å². The lowest BCUT2D eigenvalue weighted by molar-refractivity contribution is 0.528. The summed E-state index contributed by atoms with van der Waals surface area (Å²) in [7, 11) is 0. The fraction of sp³-hybridized carbons (Fsp3) is 0.111. The van der Waals surface area contributed by atoms with E-state index in [0.29, 0.717) is 11.7 Å². The Balaban J connectivity index is 2.29. The second-order valence-corrected chi connectivity index (χ2v) is 2.48. The molecule has 2 rings (SSSR count). The van der Waals surface area contributed by atoms with Gasteiger partial charge >= 0.3 is 0 Å². The molecule has 0 aliphatic heterocycles. The Morgan fingerprint density at radius 2 is 2.46 bits per heavy atom. The number of hydrogen-bond acceptors (Lipinski definition) is 4. The molecular weight excluding hydrogens is 168 g/mol. The molecule has 0 aliphatic rings. The maximum absolute atomic E-state index is 8.40. The van der Waals surface area contributed by atoms with Crippen LogP contribution in [0, 0.1) is 11.3 Å². The summed E-state index contributed by atoms with van der Waals surface area (Å²) >= 11 is 0. The lowest BCUT2D eigenvalue weighted by Crippen LogP contribution is -1.72. The number of rotatable bonds is 2. The van der Waals surface area contributed by atoms with Crippen molar-refractivity contribution in [2.45, 2.75) is 6.42 Å². The van der Waals surface area contributed by atoms with Gasteiger partial charge in [-0.15, -0.1) is 0 Å². The predicted octanol–water partition coefficient (Wildman–Crippen LogP) is 2.00. The maximum atomic E-state index is 8.40. The summed E-state index contributed by atoms with van der Waals surface area (Å²) in [5.41, 5.74) is 0.782. The van der Waals surface area contributed by atoms with Crippen molar-refractivity contribution in [3.05, 3.63) is 30.5 Å². The summed E-state index contributed by atoms with van der Waals surface area (Å²) in [4.78, 5) is 4.00. The number of furan rings is 1. The van der Waals surface area contributed by atoms with Gasteiger partial charge in [0.2, 0.25) is 5.89 Å². The summed E-state index contributed by atoms with van der Waals surface area (Å²) in [6, 6.07) is 3.74. The first-order chi connectivity index (χ1) is 6.40. The predicted molar refractivity (Wildman–Crippen MR) is 43.5 cm³/mol. The normalized spacial score (nSPS) is 9.77. The fourth-order valence-corrected chi connectivity index (χ4v) is 0.987. The summed E-state index contributed by atoms with van der Waals surface area (Å²) in [5.74, 6) is 1.05. The van der Waals surface area contributed by atoms with Gasteiger partial charge in [0.1, 0.15) is 12.0 Å². The monoisotopic (exact) mass is 174 g/mol. The van der Waals surface area contributed by atoms with Crippen LogP contribution in [-0.2, 0) is 6.42 Å². The summed E-state index contributed by atoms with van der Waals surface area (Å²) in [6.45, 7) is 0. The summed E-state index contributed by atoms with van der Waals surface area (Å²) in [6.07, 6.45) is 4.88. The van der Waals surface area contributed by atoms with Crippen LogP contribution in [0.25, 0.3) is 11.5 Å². The highest BCUT2D eigenvalue weighted by Crippen LogP contribution is 2.19. The zero-order valence-electron chi connectivity index (χ0n) is 6.73. The molecule has 0 aromatic carbocycles. The third kappa shape index (κ3) is 1.44. The van der Waals surface area contributed by atoms with Gasteiger partial charge in [-0.25, -0.2) is 4.98 Å². The van der Waals surface area contributed by atoms with Crippen LogP contribution in [0.4, 0.5) is 0 Å². The van der Waals surface area contributed by atoms with Gasteiger partial charge in [-0.3, -0.25) is 0 Å². The van der Waals surface area contributed by atoms with Crippen LogP contribution in [0.3, 0.4) is 0 Å². The minimum atomic E-state index is 0.241. The molecule has 4 nitrogen and oxygen atoms in total. The van der Waals surface area contributed by atoms with Crippen LogP contribution in [0.1, 0.15) is 5.76 Å². The van der Waals surface area contributed by atoms with Crippen molar-refractivity contribution in [1.29, 1.82) is 5.26 Å². The molecule has 0 saturated carbocycles. The number of nitrogens with zero attached hydrogens (tertiary/aromatic N) is 2. The van der Waals surface area contributed by atoms with E-state index < -0.39 is 0 Å². The average molecular weight is 174 g/mol. The van der Waals surface area contributed by atoms with E-state index in [1.807, 2.05) is 6.07 Å². The highest BCUT2D eigenvalue weighted by molar-refractivity contribution is 5.50. The van der Waals surface area contributed by atoms with Crippen molar-refractivity contribution >= 4 is 0 Å². The molecule has 0 fully saturated rings. The summed E-state index contributed by atoms with van der Waals surface area (Å²) in [5, 5.41) is 8.40. The van der Waals surface area contributed by atoms with Crippen LogP contribution in [-0.4, -0.2) is 4.98 Å². The molecule has 0 bridgehead atoms. The Morgan fingerprint density at radius 3 is 3.15 bits per heavy atom. The van der Waals surface area contributed by atoms with Crippen LogP contribution in [0.5, 0.6) is 0 Å². The van der Waals surface area contributed by atoms with Gasteiger partial charge in [-0.1, -0.05) is 0 Å². The van der Waals surface area contributed by atoms with Crippen LogP contribution in [0.2, 0.25) is 0 Å². The van der Waals surface area contributed by atoms with E-state index in [9.17, 15) is 0 Å². The number of oxazole rings is 1. The molecule has 0 unspecified atom stereocenters. The van der Waals surface area contributed by atoms with Gasteiger partial charge in [-0.05, 0) is 6.07 Å². The third-order valence-electron chi connectivity index (χ3n) is 1.57. The van der Waals surface area contributed by atoms with Crippen molar-refractivity contribution in [1.82, 2.24) is 4.98 Å². The Bertz CT molecular complexity index is 423. The van der Waals surface area contributed by atoms with Gasteiger partial charge < -0.3 is 8.83 Å². The van der Waals surface area contributed by atoms with E-state index in [4.69, 9.17) is 14.1 Å². The second kappa shape index (κ2) is 3.15. The Morgan fingerprint density at radius 1 is 1.54 bits per heavy atom. The molecule has 0 atom stereocenters. The highest BCUT2D eigenvalue weighted by Gasteiger charge is 2.06. The highest BCUT2D eigenvalue weighted by atomic mass is 16.4. The number of nitriles is 1. The van der Waals surface area contributed by atoms with Crippen molar-refractivity contribution in [3.8, 4) is 17.5 Å². The van der Waals surface area contributed by atoms with E-state index in [0.717, 1.165) is 5.56 Å². The number of aromatic nitrogens is 1. The molecule has 0 N–H and O–H groups in total. The average Bonchev–Trinajstić information content (AvgIpc) is 2.70. The van der Waals surface area contributed by atoms with Gasteiger partial charge in [0, 0.05) is 0 Å². The molecule has 64 valence electrons. The van der Waals surface area contributed by atoms with E-state index in [-0.39, 0.29) is 6.42 Å². The van der Waals surface area contributed by atoms with E-state index in [1.54, 1.807) is 24.8 Å². The van der Waals surface area contributed by atoms with Crippen molar-refractivity contribution in [3.63, 3.8) is 0 Å². The lowest BCUT2D eigenvalue weighted by atomic mass is 10.3. The molecule has 4 heteroatoms. The zero-order chi connectivity index (χ0) is 9.10. The topological polar surface area (TPSA) is 63.0 Å². The SMILES string of the molecule is N#CCc1cnc(-c2ccoc2)o1. The first-order valence-corrected chi connectivity index (χ1v) is 3.74. The standard InChI is InChI=1S/C9H6N2O2/c10-3-1-8-5-11-9(13-8)7-2-4-12-6-7/h2,4-6H,1H2. The van der Waals surface area contributed by atoms with Crippen molar-refractivity contribution < 1.29 is 8.83 Å². The largest absolute Gasteiger partial charge is 0.472 e. The smallest absolute Gasteiger partial charge is 0.229 e. The minimum absolute atomic E-state index is 0.241. The van der Waals surface area contributed by atoms with Gasteiger partial charge in [0.05, 0.1) is 30.5 Å². The van der Waals surface area contributed by atoms with Crippen LogP contribution in [0.15, 0.2) is 33.6 Å². The van der Waals surface area contributed by atoms with Crippen LogP contribution >= 0.6 is 0 Å². The quantitative estimate of drug-likeness (QED) is 0.698. The minimum Gasteiger partial charge on any atom is -0.472 e. The van der Waals surface area contributed by atoms with Gasteiger partial charge in [0.15, 0.2) is 0 Å². The molecule has 2 heterocycles. The third-order valence-corrected chi connectivity index (χ3v) is 1.57. The Kier molecular flexibility index (Phi) is 1.85. The first-order valence-electron chi connectivity index (χ1n) is 3.74. The van der Waals surface area contributed by atoms with Gasteiger partial charge in [-0.2, -0.15) is 5.26 Å². The zero-order valence-corrected chi connectivity index (χ0v) is 6.73. The Hall–Kier alpha value is -2.02. The molecule has 2 aromatic rings. The second-order valence-electron chi connectivity index (χ2n) is 2.48. The molecule has 0 saturated heterocycles. The Labute approximate surface area is 74.4 Å². The fourth-order valence-electron chi connectivity index (χ4n) is 0.987. The molecular formula is C9H6N2O2. The molecule has 0 aliphatic carbocycles. The van der Waals surface area contributed by atoms with Crippen molar-refractivity contribution in [2.75, 3.05) is 0 Å². The van der Waals surface area contributed by atoms with Crippen molar-refractivity contribution in [2.24, 2.45) is 0 Å². The molecule has 0 amide bonds. The van der Waals surface area contributed by atoms with E-state index in [1.165, 1.54) is 0 Å².